The summed E-state index contributed by atoms with van der Waals surface area (Å²) in [6.45, 7) is 3.72. The van der Waals surface area contributed by atoms with Gasteiger partial charge in [0.15, 0.2) is 0 Å². The molecule has 0 aromatic heterocycles. The molecule has 0 aliphatic carbocycles. The van der Waals surface area contributed by atoms with Crippen LogP contribution in [0.4, 0.5) is 4.79 Å². The first-order valence-corrected chi connectivity index (χ1v) is 6.43. The summed E-state index contributed by atoms with van der Waals surface area (Å²) in [4.78, 5) is 22.1. The van der Waals surface area contributed by atoms with Crippen LogP contribution in [0.25, 0.3) is 0 Å². The zero-order chi connectivity index (χ0) is 14.5. The molecule has 0 saturated heterocycles. The van der Waals surface area contributed by atoms with E-state index in [0.717, 1.165) is 6.42 Å². The van der Waals surface area contributed by atoms with E-state index in [1.54, 1.807) is 7.11 Å². The minimum atomic E-state index is -0.915. The second kappa shape index (κ2) is 11.7. The minimum Gasteiger partial charge on any atom is -0.481 e. The van der Waals surface area contributed by atoms with Gasteiger partial charge in [-0.15, -0.1) is 0 Å². The molecule has 0 fully saturated rings. The molecule has 0 spiro atoms. The van der Waals surface area contributed by atoms with E-state index in [4.69, 9.17) is 14.6 Å². The van der Waals surface area contributed by atoms with Crippen molar-refractivity contribution < 1.29 is 24.2 Å². The molecule has 7 heteroatoms. The van der Waals surface area contributed by atoms with Crippen molar-refractivity contribution in [1.82, 2.24) is 10.6 Å². The summed E-state index contributed by atoms with van der Waals surface area (Å²) in [6.07, 6.45) is 1.40. The number of carbonyl (C=O) groups is 2. The van der Waals surface area contributed by atoms with E-state index in [1.807, 2.05) is 6.92 Å². The van der Waals surface area contributed by atoms with E-state index in [-0.39, 0.29) is 18.5 Å². The molecule has 0 saturated carbocycles. The molecule has 0 radical (unpaired) electrons. The van der Waals surface area contributed by atoms with Crippen LogP contribution in [-0.2, 0) is 14.3 Å². The number of methoxy groups -OCH3 is 1. The van der Waals surface area contributed by atoms with Crippen LogP contribution in [-0.4, -0.2) is 56.6 Å². The lowest BCUT2D eigenvalue weighted by atomic mass is 10.1. The molecule has 2 amide bonds. The van der Waals surface area contributed by atoms with Crippen LogP contribution in [0, 0.1) is 0 Å². The SMILES string of the molecule is CCCC(CC(=O)O)NC(=O)NCCOCCOC. The number of rotatable bonds is 11. The first kappa shape index (κ1) is 17.7. The molecule has 1 unspecified atom stereocenters. The van der Waals surface area contributed by atoms with Gasteiger partial charge in [0.1, 0.15) is 0 Å². The Labute approximate surface area is 113 Å². The second-order valence-corrected chi connectivity index (χ2v) is 4.09. The average molecular weight is 276 g/mol. The van der Waals surface area contributed by atoms with Gasteiger partial charge in [-0.3, -0.25) is 4.79 Å². The van der Waals surface area contributed by atoms with Crippen molar-refractivity contribution in [2.45, 2.75) is 32.2 Å². The molecule has 3 N–H and O–H groups in total. The topological polar surface area (TPSA) is 96.9 Å². The number of carboxylic acids is 1. The van der Waals surface area contributed by atoms with Crippen molar-refractivity contribution in [3.8, 4) is 0 Å². The quantitative estimate of drug-likeness (QED) is 0.480. The van der Waals surface area contributed by atoms with Crippen molar-refractivity contribution in [1.29, 1.82) is 0 Å². The van der Waals surface area contributed by atoms with Crippen molar-refractivity contribution in [2.75, 3.05) is 33.5 Å². The van der Waals surface area contributed by atoms with Crippen molar-refractivity contribution in [3.63, 3.8) is 0 Å². The Hall–Kier alpha value is -1.34. The van der Waals surface area contributed by atoms with Crippen LogP contribution < -0.4 is 10.6 Å². The Morgan fingerprint density at radius 2 is 2.00 bits per heavy atom. The van der Waals surface area contributed by atoms with Crippen LogP contribution in [0.5, 0.6) is 0 Å². The van der Waals surface area contributed by atoms with Crippen LogP contribution in [0.1, 0.15) is 26.2 Å². The minimum absolute atomic E-state index is 0.0639. The van der Waals surface area contributed by atoms with Gasteiger partial charge in [-0.05, 0) is 6.42 Å². The fourth-order valence-corrected chi connectivity index (χ4v) is 1.50. The predicted molar refractivity (Wildman–Crippen MR) is 70.2 cm³/mol. The lowest BCUT2D eigenvalue weighted by Gasteiger charge is -2.16. The summed E-state index contributed by atoms with van der Waals surface area (Å²) in [5.74, 6) is -0.915. The van der Waals surface area contributed by atoms with Gasteiger partial charge in [-0.2, -0.15) is 0 Å². The van der Waals surface area contributed by atoms with E-state index >= 15 is 0 Å². The maximum absolute atomic E-state index is 11.5. The highest BCUT2D eigenvalue weighted by molar-refractivity contribution is 5.75. The van der Waals surface area contributed by atoms with E-state index in [1.165, 1.54) is 0 Å². The van der Waals surface area contributed by atoms with Gasteiger partial charge in [0.25, 0.3) is 0 Å². The molecule has 0 aliphatic heterocycles. The van der Waals surface area contributed by atoms with Gasteiger partial charge in [0, 0.05) is 19.7 Å². The molecule has 112 valence electrons. The van der Waals surface area contributed by atoms with E-state index in [9.17, 15) is 9.59 Å². The summed E-state index contributed by atoms with van der Waals surface area (Å²) in [6, 6.07) is -0.702. The molecule has 0 heterocycles. The number of carboxylic acid groups (broad SMARTS) is 1. The molecule has 0 aromatic rings. The van der Waals surface area contributed by atoms with Crippen molar-refractivity contribution in [2.24, 2.45) is 0 Å². The molecule has 0 aromatic carbocycles. The number of nitrogens with one attached hydrogen (secondary N) is 2. The third-order valence-electron chi connectivity index (χ3n) is 2.36. The average Bonchev–Trinajstić information content (AvgIpc) is 2.33. The fraction of sp³-hybridized carbons (Fsp3) is 0.833. The highest BCUT2D eigenvalue weighted by Gasteiger charge is 2.14. The largest absolute Gasteiger partial charge is 0.481 e. The number of hydrogen-bond acceptors (Lipinski definition) is 4. The van der Waals surface area contributed by atoms with Crippen molar-refractivity contribution in [3.05, 3.63) is 0 Å². The van der Waals surface area contributed by atoms with Gasteiger partial charge in [-0.1, -0.05) is 13.3 Å². The molecule has 19 heavy (non-hydrogen) atoms. The third kappa shape index (κ3) is 11.5. The van der Waals surface area contributed by atoms with Crippen LogP contribution in [0.15, 0.2) is 0 Å². The van der Waals surface area contributed by atoms with Gasteiger partial charge in [0.05, 0.1) is 26.2 Å². The normalized spacial score (nSPS) is 11.9. The molecule has 1 atom stereocenters. The summed E-state index contributed by atoms with van der Waals surface area (Å²) in [5, 5.41) is 14.0. The number of amides is 2. The number of carbonyl (C=O) groups excluding carboxylic acids is 1. The molecule has 7 nitrogen and oxygen atoms in total. The summed E-state index contributed by atoms with van der Waals surface area (Å²) in [5.41, 5.74) is 0. The smallest absolute Gasteiger partial charge is 0.315 e. The number of urea groups is 1. The Bertz CT molecular complexity index is 261. The molecular weight excluding hydrogens is 252 g/mol. The van der Waals surface area contributed by atoms with Gasteiger partial charge in [-0.25, -0.2) is 4.79 Å². The molecular formula is C12H24N2O5. The van der Waals surface area contributed by atoms with E-state index in [0.29, 0.717) is 32.8 Å². The second-order valence-electron chi connectivity index (χ2n) is 4.09. The Morgan fingerprint density at radius 3 is 2.58 bits per heavy atom. The molecule has 0 rings (SSSR count). The number of hydrogen-bond donors (Lipinski definition) is 3. The summed E-state index contributed by atoms with van der Waals surface area (Å²) < 4.78 is 9.99. The fourth-order valence-electron chi connectivity index (χ4n) is 1.50. The Kier molecular flexibility index (Phi) is 10.9. The van der Waals surface area contributed by atoms with Crippen LogP contribution in [0.3, 0.4) is 0 Å². The summed E-state index contributed by atoms with van der Waals surface area (Å²) >= 11 is 0. The predicted octanol–water partition coefficient (Wildman–Crippen LogP) is 0.592. The number of aliphatic carboxylic acids is 1. The van der Waals surface area contributed by atoms with Gasteiger partial charge < -0.3 is 25.2 Å². The van der Waals surface area contributed by atoms with Gasteiger partial charge >= 0.3 is 12.0 Å². The highest BCUT2D eigenvalue weighted by Crippen LogP contribution is 2.01. The summed E-state index contributed by atoms with van der Waals surface area (Å²) in [7, 11) is 1.59. The van der Waals surface area contributed by atoms with Crippen LogP contribution >= 0.6 is 0 Å². The maximum atomic E-state index is 11.5. The maximum Gasteiger partial charge on any atom is 0.315 e. The first-order chi connectivity index (χ1) is 9.10. The monoisotopic (exact) mass is 276 g/mol. The molecule has 0 bridgehead atoms. The first-order valence-electron chi connectivity index (χ1n) is 6.43. The third-order valence-corrected chi connectivity index (χ3v) is 2.36. The van der Waals surface area contributed by atoms with Crippen LogP contribution in [0.2, 0.25) is 0 Å². The standard InChI is InChI=1S/C12H24N2O5/c1-3-4-10(9-11(15)16)14-12(17)13-5-6-19-8-7-18-2/h10H,3-9H2,1-2H3,(H,15,16)(H2,13,14,17). The lowest BCUT2D eigenvalue weighted by Crippen LogP contribution is -2.44. The zero-order valence-electron chi connectivity index (χ0n) is 11.6. The zero-order valence-corrected chi connectivity index (χ0v) is 11.6. The van der Waals surface area contributed by atoms with Crippen molar-refractivity contribution >= 4 is 12.0 Å². The van der Waals surface area contributed by atoms with E-state index in [2.05, 4.69) is 10.6 Å². The molecule has 0 aliphatic rings. The highest BCUT2D eigenvalue weighted by atomic mass is 16.5. The Morgan fingerprint density at radius 1 is 1.26 bits per heavy atom. The van der Waals surface area contributed by atoms with Gasteiger partial charge in [0.2, 0.25) is 0 Å². The number of ether oxygens (including phenoxy) is 2. The Balaban J connectivity index is 3.71. The lowest BCUT2D eigenvalue weighted by molar-refractivity contribution is -0.137. The van der Waals surface area contributed by atoms with E-state index < -0.39 is 5.97 Å².